The molecule has 0 aliphatic carbocycles. The molecule has 130 valence electrons. The van der Waals surface area contributed by atoms with Crippen molar-refractivity contribution < 1.29 is 9.53 Å². The minimum Gasteiger partial charge on any atom is -0.380 e. The Labute approximate surface area is 147 Å². The van der Waals surface area contributed by atoms with E-state index in [1.54, 1.807) is 7.11 Å². The fraction of sp³-hybridized carbons (Fsp3) is 0.300. The van der Waals surface area contributed by atoms with Crippen LogP contribution in [0.1, 0.15) is 28.7 Å². The largest absolute Gasteiger partial charge is 0.380 e. The van der Waals surface area contributed by atoms with Gasteiger partial charge in [0.05, 0.1) is 17.6 Å². The van der Waals surface area contributed by atoms with Crippen LogP contribution in [0.15, 0.2) is 48.5 Å². The standard InChI is InChI=1S/C20H23N3O2/c1-3-23-18-7-5-4-6-17(18)22-19(23)12-13-21-20(24)16-10-8-15(9-11-16)14-25-2/h4-11H,3,12-14H2,1-2H3,(H,21,24). The number of hydrogen-bond donors (Lipinski definition) is 1. The Kier molecular flexibility index (Phi) is 5.46. The van der Waals surface area contributed by atoms with Crippen LogP contribution in [0.2, 0.25) is 0 Å². The molecule has 0 fully saturated rings. The van der Waals surface area contributed by atoms with E-state index in [4.69, 9.17) is 4.74 Å². The molecule has 5 nitrogen and oxygen atoms in total. The second-order valence-corrected chi connectivity index (χ2v) is 5.90. The Hall–Kier alpha value is -2.66. The van der Waals surface area contributed by atoms with Crippen molar-refractivity contribution in [3.8, 4) is 0 Å². The quantitative estimate of drug-likeness (QED) is 0.720. The molecule has 3 rings (SSSR count). The second kappa shape index (κ2) is 7.94. The van der Waals surface area contributed by atoms with Gasteiger partial charge in [0.2, 0.25) is 0 Å². The lowest BCUT2D eigenvalue weighted by Gasteiger charge is -2.08. The topological polar surface area (TPSA) is 56.2 Å². The molecule has 3 aromatic rings. The maximum atomic E-state index is 12.3. The minimum atomic E-state index is -0.0665. The van der Waals surface area contributed by atoms with E-state index in [2.05, 4.69) is 27.9 Å². The molecule has 2 aromatic carbocycles. The van der Waals surface area contributed by atoms with Crippen molar-refractivity contribution in [2.45, 2.75) is 26.5 Å². The number of aryl methyl sites for hydroxylation is 1. The number of para-hydroxylation sites is 2. The first kappa shape index (κ1) is 17.2. The Morgan fingerprint density at radius 3 is 2.64 bits per heavy atom. The molecule has 25 heavy (non-hydrogen) atoms. The van der Waals surface area contributed by atoms with Crippen molar-refractivity contribution in [1.29, 1.82) is 0 Å². The maximum absolute atomic E-state index is 12.3. The summed E-state index contributed by atoms with van der Waals surface area (Å²) in [5.74, 6) is 0.933. The van der Waals surface area contributed by atoms with Crippen molar-refractivity contribution >= 4 is 16.9 Å². The van der Waals surface area contributed by atoms with Crippen molar-refractivity contribution in [1.82, 2.24) is 14.9 Å². The molecule has 1 heterocycles. The average molecular weight is 337 g/mol. The van der Waals surface area contributed by atoms with Gasteiger partial charge in [-0.05, 0) is 36.8 Å². The highest BCUT2D eigenvalue weighted by Gasteiger charge is 2.10. The van der Waals surface area contributed by atoms with Gasteiger partial charge < -0.3 is 14.6 Å². The number of methoxy groups -OCH3 is 1. The summed E-state index contributed by atoms with van der Waals surface area (Å²) in [7, 11) is 1.66. The summed E-state index contributed by atoms with van der Waals surface area (Å²) in [6.45, 7) is 4.08. The van der Waals surface area contributed by atoms with E-state index in [-0.39, 0.29) is 5.91 Å². The molecule has 0 saturated carbocycles. The normalized spacial score (nSPS) is 11.0. The van der Waals surface area contributed by atoms with Crippen LogP contribution in [0.3, 0.4) is 0 Å². The number of nitrogens with one attached hydrogen (secondary N) is 1. The highest BCUT2D eigenvalue weighted by atomic mass is 16.5. The fourth-order valence-corrected chi connectivity index (χ4v) is 2.98. The van der Waals surface area contributed by atoms with Crippen LogP contribution in [0.4, 0.5) is 0 Å². The summed E-state index contributed by atoms with van der Waals surface area (Å²) < 4.78 is 7.27. The van der Waals surface area contributed by atoms with Crippen LogP contribution < -0.4 is 5.32 Å². The molecule has 0 radical (unpaired) electrons. The van der Waals surface area contributed by atoms with Crippen LogP contribution in [0, 0.1) is 0 Å². The fourth-order valence-electron chi connectivity index (χ4n) is 2.98. The Balaban J connectivity index is 1.61. The zero-order valence-electron chi connectivity index (χ0n) is 14.7. The number of rotatable bonds is 7. The molecule has 0 spiro atoms. The smallest absolute Gasteiger partial charge is 0.251 e. The van der Waals surface area contributed by atoms with Gasteiger partial charge in [0.15, 0.2) is 0 Å². The minimum absolute atomic E-state index is 0.0665. The van der Waals surface area contributed by atoms with Crippen LogP contribution >= 0.6 is 0 Å². The first-order chi connectivity index (χ1) is 12.2. The summed E-state index contributed by atoms with van der Waals surface area (Å²) in [5.41, 5.74) is 3.85. The summed E-state index contributed by atoms with van der Waals surface area (Å²) in [6.07, 6.45) is 0.704. The van der Waals surface area contributed by atoms with Gasteiger partial charge in [-0.15, -0.1) is 0 Å². The molecular formula is C20H23N3O2. The molecule has 0 aliphatic rings. The number of nitrogens with zero attached hydrogens (tertiary/aromatic N) is 2. The monoisotopic (exact) mass is 337 g/mol. The number of hydrogen-bond acceptors (Lipinski definition) is 3. The van der Waals surface area contributed by atoms with Crippen LogP contribution in [0.25, 0.3) is 11.0 Å². The lowest BCUT2D eigenvalue weighted by atomic mass is 10.1. The SMILES string of the molecule is CCn1c(CCNC(=O)c2ccc(COC)cc2)nc2ccccc21. The number of aromatic nitrogens is 2. The lowest BCUT2D eigenvalue weighted by Crippen LogP contribution is -2.26. The van der Waals surface area contributed by atoms with E-state index in [1.165, 1.54) is 0 Å². The highest BCUT2D eigenvalue weighted by Crippen LogP contribution is 2.16. The van der Waals surface area contributed by atoms with Gasteiger partial charge in [-0.3, -0.25) is 4.79 Å². The third kappa shape index (κ3) is 3.88. The van der Waals surface area contributed by atoms with Crippen LogP contribution in [0.5, 0.6) is 0 Å². The summed E-state index contributed by atoms with van der Waals surface area (Å²) in [5, 5.41) is 2.97. The van der Waals surface area contributed by atoms with Crippen molar-refractivity contribution in [3.63, 3.8) is 0 Å². The van der Waals surface area contributed by atoms with Gasteiger partial charge in [0.25, 0.3) is 5.91 Å². The van der Waals surface area contributed by atoms with Gasteiger partial charge in [0.1, 0.15) is 5.82 Å². The first-order valence-electron chi connectivity index (χ1n) is 8.53. The molecule has 0 bridgehead atoms. The summed E-state index contributed by atoms with van der Waals surface area (Å²) in [6, 6.07) is 15.6. The molecule has 1 N–H and O–H groups in total. The van der Waals surface area contributed by atoms with Gasteiger partial charge in [-0.25, -0.2) is 4.98 Å². The van der Waals surface area contributed by atoms with Crippen LogP contribution in [-0.2, 0) is 24.3 Å². The highest BCUT2D eigenvalue weighted by molar-refractivity contribution is 5.94. The van der Waals surface area contributed by atoms with E-state index in [9.17, 15) is 4.79 Å². The van der Waals surface area contributed by atoms with Crippen LogP contribution in [-0.4, -0.2) is 29.1 Å². The first-order valence-corrected chi connectivity index (χ1v) is 8.53. The Morgan fingerprint density at radius 2 is 1.92 bits per heavy atom. The number of imidazole rings is 1. The number of fused-ring (bicyclic) bond motifs is 1. The van der Waals surface area contributed by atoms with Gasteiger partial charge in [0, 0.05) is 32.2 Å². The zero-order chi connectivity index (χ0) is 17.6. The molecule has 1 aromatic heterocycles. The third-order valence-electron chi connectivity index (χ3n) is 4.21. The lowest BCUT2D eigenvalue weighted by molar-refractivity contribution is 0.0954. The van der Waals surface area contributed by atoms with Gasteiger partial charge in [-0.1, -0.05) is 24.3 Å². The Bertz CT molecular complexity index is 853. The van der Waals surface area contributed by atoms with E-state index in [0.717, 1.165) is 29.0 Å². The summed E-state index contributed by atoms with van der Waals surface area (Å²) in [4.78, 5) is 16.9. The van der Waals surface area contributed by atoms with Crippen molar-refractivity contribution in [3.05, 3.63) is 65.5 Å². The molecule has 1 amide bonds. The number of ether oxygens (including phenoxy) is 1. The van der Waals surface area contributed by atoms with Crippen molar-refractivity contribution in [2.24, 2.45) is 0 Å². The predicted octanol–water partition coefficient (Wildman–Crippen LogP) is 3.18. The second-order valence-electron chi connectivity index (χ2n) is 5.90. The van der Waals surface area contributed by atoms with E-state index < -0.39 is 0 Å². The zero-order valence-corrected chi connectivity index (χ0v) is 14.7. The van der Waals surface area contributed by atoms with E-state index in [1.807, 2.05) is 42.5 Å². The molecule has 0 atom stereocenters. The number of carbonyl (C=O) groups is 1. The number of carbonyl (C=O) groups excluding carboxylic acids is 1. The average Bonchev–Trinajstić information content (AvgIpc) is 3.00. The Morgan fingerprint density at radius 1 is 1.16 bits per heavy atom. The molecule has 0 aliphatic heterocycles. The molecular weight excluding hydrogens is 314 g/mol. The van der Waals surface area contributed by atoms with E-state index in [0.29, 0.717) is 25.1 Å². The van der Waals surface area contributed by atoms with Crippen molar-refractivity contribution in [2.75, 3.05) is 13.7 Å². The number of amides is 1. The predicted molar refractivity (Wildman–Crippen MR) is 98.6 cm³/mol. The maximum Gasteiger partial charge on any atom is 0.251 e. The molecule has 5 heteroatoms. The van der Waals surface area contributed by atoms with E-state index >= 15 is 0 Å². The molecule has 0 saturated heterocycles. The molecule has 0 unspecified atom stereocenters. The third-order valence-corrected chi connectivity index (χ3v) is 4.21. The number of benzene rings is 2. The summed E-state index contributed by atoms with van der Waals surface area (Å²) >= 11 is 0. The van der Waals surface area contributed by atoms with Gasteiger partial charge >= 0.3 is 0 Å². The van der Waals surface area contributed by atoms with Gasteiger partial charge in [-0.2, -0.15) is 0 Å².